The average molecular weight is 1210 g/mol. The van der Waals surface area contributed by atoms with E-state index in [4.69, 9.17) is 72.4 Å². The summed E-state index contributed by atoms with van der Waals surface area (Å²) in [6.45, 7) is 23.9. The highest BCUT2D eigenvalue weighted by molar-refractivity contribution is 14.1. The standard InChI is InChI=1S/C32H45N5O7.C24H34IN5O5/c1-7-22-25-26(43-32(5,6)42-25)29(41-22)37-28-21(19-33-37)27(36(20-13-8-9-14-20)30(38)44-31(2,3)4)34-23(35-28)15-12-18-40-24-16-10-11-17-39-24;1-7-15-16-17(34-24(5,6)33-16)20(32-15)30-19-14(12-26-30)18(27-21(25)28-19)29(13-10-8-9-11-13)22(31)35-23(2,3)4/h19-20,22,24-26,29H,7-11,13-14,16-18H2,1-6H3;12-13,15-17,20H,7-11H2,1-6H3/t22-,24?,25-,26-,29-;15-,16-,17-,20-/m11/s1. The molecule has 22 nitrogen and oxygen atoms in total. The van der Waals surface area contributed by atoms with Gasteiger partial charge in [-0.2, -0.15) is 10.2 Å². The lowest BCUT2D eigenvalue weighted by atomic mass is 10.1. The first-order valence-corrected chi connectivity index (χ1v) is 29.5. The summed E-state index contributed by atoms with van der Waals surface area (Å²) < 4.78 is 64.9. The van der Waals surface area contributed by atoms with Gasteiger partial charge in [0.05, 0.1) is 35.4 Å². The van der Waals surface area contributed by atoms with Crippen LogP contribution in [0.4, 0.5) is 21.2 Å². The van der Waals surface area contributed by atoms with E-state index in [0.29, 0.717) is 44.1 Å². The first-order chi connectivity index (χ1) is 37.5. The molecule has 4 aromatic rings. The Morgan fingerprint density at radius 2 is 1.11 bits per heavy atom. The van der Waals surface area contributed by atoms with Crippen molar-refractivity contribution >= 4 is 68.5 Å². The Kier molecular flexibility index (Phi) is 16.9. The van der Waals surface area contributed by atoms with Gasteiger partial charge in [-0.05, 0) is 133 Å². The molecule has 0 aromatic carbocycles. The lowest BCUT2D eigenvalue weighted by Crippen LogP contribution is -2.43. The van der Waals surface area contributed by atoms with Crippen LogP contribution in [0, 0.1) is 15.7 Å². The first kappa shape index (κ1) is 57.8. The van der Waals surface area contributed by atoms with Crippen molar-refractivity contribution in [2.45, 2.75) is 257 Å². The number of hydrogen-bond acceptors (Lipinski definition) is 18. The maximum absolute atomic E-state index is 13.8. The molecule has 432 valence electrons. The van der Waals surface area contributed by atoms with Crippen LogP contribution >= 0.6 is 22.6 Å². The van der Waals surface area contributed by atoms with E-state index < -0.39 is 47.4 Å². The Hall–Kier alpha value is -4.39. The number of nitrogens with zero attached hydrogens (tertiary/aromatic N) is 10. The summed E-state index contributed by atoms with van der Waals surface area (Å²) in [5.41, 5.74) is -0.206. The van der Waals surface area contributed by atoms with Crippen LogP contribution in [0.2, 0.25) is 0 Å². The van der Waals surface area contributed by atoms with Crippen molar-refractivity contribution in [1.82, 2.24) is 39.5 Å². The Labute approximate surface area is 476 Å². The molecule has 2 aliphatic carbocycles. The molecule has 7 aliphatic rings. The second-order valence-electron chi connectivity index (χ2n) is 24.4. The molecule has 4 aromatic heterocycles. The molecule has 7 fully saturated rings. The van der Waals surface area contributed by atoms with Gasteiger partial charge in [-0.15, -0.1) is 0 Å². The van der Waals surface area contributed by atoms with Gasteiger partial charge in [-0.25, -0.2) is 38.9 Å². The number of aromatic nitrogens is 8. The molecule has 0 radical (unpaired) electrons. The Morgan fingerprint density at radius 1 is 0.658 bits per heavy atom. The molecular weight excluding hydrogens is 1130 g/mol. The van der Waals surface area contributed by atoms with Crippen LogP contribution in [0.25, 0.3) is 22.1 Å². The van der Waals surface area contributed by atoms with Gasteiger partial charge in [-0.1, -0.05) is 45.5 Å². The van der Waals surface area contributed by atoms with Crippen LogP contribution in [0.3, 0.4) is 0 Å². The van der Waals surface area contributed by atoms with Gasteiger partial charge < -0.3 is 47.4 Å². The van der Waals surface area contributed by atoms with Gasteiger partial charge >= 0.3 is 12.2 Å². The van der Waals surface area contributed by atoms with E-state index in [9.17, 15) is 9.59 Å². The third-order valence-corrected chi connectivity index (χ3v) is 15.6. The third kappa shape index (κ3) is 12.7. The fraction of sp³-hybridized carbons (Fsp3) is 0.750. The van der Waals surface area contributed by atoms with Crippen LogP contribution in [-0.2, 0) is 47.4 Å². The molecule has 9 heterocycles. The Morgan fingerprint density at radius 3 is 1.57 bits per heavy atom. The minimum atomic E-state index is -0.747. The highest BCUT2D eigenvalue weighted by atomic mass is 127. The third-order valence-electron chi connectivity index (χ3n) is 15.1. The van der Waals surface area contributed by atoms with E-state index in [-0.39, 0.29) is 67.4 Å². The molecule has 1 unspecified atom stereocenters. The summed E-state index contributed by atoms with van der Waals surface area (Å²) >= 11 is 2.09. The fourth-order valence-corrected chi connectivity index (χ4v) is 12.3. The van der Waals surface area contributed by atoms with Gasteiger partial charge in [0.1, 0.15) is 42.2 Å². The minimum Gasteiger partial charge on any atom is -0.443 e. The van der Waals surface area contributed by atoms with Crippen molar-refractivity contribution in [3.63, 3.8) is 0 Å². The van der Waals surface area contributed by atoms with E-state index in [0.717, 1.165) is 83.5 Å². The maximum Gasteiger partial charge on any atom is 0.416 e. The van der Waals surface area contributed by atoms with E-state index in [1.165, 1.54) is 0 Å². The molecule has 11 rings (SSSR count). The molecular formula is C56H79IN10O12. The van der Waals surface area contributed by atoms with Gasteiger partial charge in [-0.3, -0.25) is 9.80 Å². The number of rotatable bonds is 10. The molecule has 79 heavy (non-hydrogen) atoms. The zero-order valence-corrected chi connectivity index (χ0v) is 50.0. The number of carbonyl (C=O) groups is 2. The molecule has 2 amide bonds. The van der Waals surface area contributed by atoms with Gasteiger partial charge in [0.15, 0.2) is 57.1 Å². The lowest BCUT2D eigenvalue weighted by molar-refractivity contribution is -0.198. The predicted molar refractivity (Wildman–Crippen MR) is 298 cm³/mol. The molecule has 0 N–H and O–H groups in total. The van der Waals surface area contributed by atoms with Crippen molar-refractivity contribution in [3.8, 4) is 11.8 Å². The van der Waals surface area contributed by atoms with E-state index in [1.54, 1.807) is 31.6 Å². The molecule has 2 saturated carbocycles. The molecule has 5 saturated heterocycles. The number of carbonyl (C=O) groups excluding carboxylic acids is 2. The molecule has 23 heteroatoms. The van der Waals surface area contributed by atoms with Crippen molar-refractivity contribution in [1.29, 1.82) is 0 Å². The number of amides is 2. The SMILES string of the molecule is CC[C@H]1O[C@@H](n2ncc3c(N(C(=O)OC(C)(C)C)C4CCCC4)nc(C#CCOC4CCCCO4)nc32)[C@@H]2OC(C)(C)O[C@@H]21.CC[C@H]1O[C@@H](n2ncc3c(N(C(=O)OC(C)(C)C)C4CCCC4)nc(I)nc32)[C@@H]2OC(C)(C)O[C@@H]21. The topological polar surface area (TPSA) is 220 Å². The van der Waals surface area contributed by atoms with Gasteiger partial charge in [0.2, 0.25) is 5.82 Å². The summed E-state index contributed by atoms with van der Waals surface area (Å²) in [6.07, 6.45) is 12.0. The highest BCUT2D eigenvalue weighted by Crippen LogP contribution is 2.47. The smallest absolute Gasteiger partial charge is 0.416 e. The second kappa shape index (κ2) is 23.1. The summed E-state index contributed by atoms with van der Waals surface area (Å²) in [7, 11) is 0. The number of hydrogen-bond donors (Lipinski definition) is 0. The van der Waals surface area contributed by atoms with E-state index >= 15 is 0 Å². The van der Waals surface area contributed by atoms with Gasteiger partial charge in [0.25, 0.3) is 0 Å². The lowest BCUT2D eigenvalue weighted by Gasteiger charge is -2.31. The molecule has 0 spiro atoms. The van der Waals surface area contributed by atoms with Crippen molar-refractivity contribution in [2.24, 2.45) is 0 Å². The Balaban J connectivity index is 0.000000183. The largest absolute Gasteiger partial charge is 0.443 e. The second-order valence-corrected chi connectivity index (χ2v) is 25.4. The first-order valence-electron chi connectivity index (χ1n) is 28.4. The molecule has 5 aliphatic heterocycles. The maximum atomic E-state index is 13.8. The van der Waals surface area contributed by atoms with Crippen LogP contribution in [0.15, 0.2) is 12.4 Å². The molecule has 0 bridgehead atoms. The molecule has 9 atom stereocenters. The van der Waals surface area contributed by atoms with Crippen molar-refractivity contribution < 1.29 is 57.0 Å². The monoisotopic (exact) mass is 1210 g/mol. The summed E-state index contributed by atoms with van der Waals surface area (Å²) in [5, 5.41) is 10.7. The predicted octanol–water partition coefficient (Wildman–Crippen LogP) is 10.2. The van der Waals surface area contributed by atoms with E-state index in [2.05, 4.69) is 53.4 Å². The number of halogens is 1. The van der Waals surface area contributed by atoms with Crippen LogP contribution < -0.4 is 9.80 Å². The summed E-state index contributed by atoms with van der Waals surface area (Å²) in [5.74, 6) is 5.87. The Bertz CT molecular complexity index is 2890. The van der Waals surface area contributed by atoms with Crippen molar-refractivity contribution in [2.75, 3.05) is 23.0 Å². The van der Waals surface area contributed by atoms with Crippen LogP contribution in [-0.4, -0.2) is 143 Å². The number of ether oxygens (including phenoxy) is 10. The normalized spacial score (nSPS) is 28.5. The van der Waals surface area contributed by atoms with Crippen LogP contribution in [0.1, 0.15) is 185 Å². The fourth-order valence-electron chi connectivity index (χ4n) is 11.8. The van der Waals surface area contributed by atoms with Crippen molar-refractivity contribution in [3.05, 3.63) is 22.0 Å². The minimum absolute atomic E-state index is 0.0195. The zero-order chi connectivity index (χ0) is 56.2. The zero-order valence-electron chi connectivity index (χ0n) is 47.9. The number of fused-ring (bicyclic) bond motifs is 4. The average Bonchev–Trinajstić information content (AvgIpc) is 3.57. The van der Waals surface area contributed by atoms with Crippen LogP contribution in [0.5, 0.6) is 0 Å². The number of anilines is 2. The van der Waals surface area contributed by atoms with Gasteiger partial charge in [0, 0.05) is 41.3 Å². The summed E-state index contributed by atoms with van der Waals surface area (Å²) in [6, 6.07) is -0.0473. The quantitative estimate of drug-likeness (QED) is 0.0818. The highest BCUT2D eigenvalue weighted by Gasteiger charge is 2.57. The summed E-state index contributed by atoms with van der Waals surface area (Å²) in [4.78, 5) is 49.7. The van der Waals surface area contributed by atoms with E-state index in [1.807, 2.05) is 69.2 Å².